The monoisotopic (exact) mass is 312 g/mol. The lowest BCUT2D eigenvalue weighted by Crippen LogP contribution is -2.19. The summed E-state index contributed by atoms with van der Waals surface area (Å²) in [7, 11) is 0. The molecule has 0 saturated heterocycles. The van der Waals surface area contributed by atoms with Crippen LogP contribution >= 0.6 is 0 Å². The molecule has 0 fully saturated rings. The van der Waals surface area contributed by atoms with Gasteiger partial charge in [0.05, 0.1) is 22.3 Å². The molecule has 7 nitrogen and oxygen atoms in total. The predicted octanol–water partition coefficient (Wildman–Crippen LogP) is 0.316. The van der Waals surface area contributed by atoms with Crippen LogP contribution in [0.25, 0.3) is 0 Å². The van der Waals surface area contributed by atoms with Gasteiger partial charge < -0.3 is 5.48 Å². The fourth-order valence-corrected chi connectivity index (χ4v) is 2.23. The average Bonchev–Trinajstić information content (AvgIpc) is 2.99. The van der Waals surface area contributed by atoms with Crippen LogP contribution in [0.5, 0.6) is 0 Å². The van der Waals surface area contributed by atoms with E-state index < -0.39 is 0 Å². The van der Waals surface area contributed by atoms with Gasteiger partial charge in [-0.25, -0.2) is 0 Å². The molecule has 116 valence electrons. The number of nitrogens with one attached hydrogen (secondary N) is 2. The second kappa shape index (κ2) is 6.20. The number of imide groups is 2. The van der Waals surface area contributed by atoms with E-state index in [9.17, 15) is 19.2 Å². The van der Waals surface area contributed by atoms with Crippen molar-refractivity contribution >= 4 is 23.6 Å². The number of hydrogen-bond donors (Lipinski definition) is 2. The minimum atomic E-state index is -0.300. The number of fused-ring (bicyclic) bond motifs is 2. The standard InChI is InChI=1S/2C8H5NO2.H2O/c2*10-7-5-3-1-2-4-6(5)8(11)9-7;/h2*1-4H,(H,9,10,11);1H2. The summed E-state index contributed by atoms with van der Waals surface area (Å²) < 4.78 is 0. The number of benzene rings is 2. The van der Waals surface area contributed by atoms with Crippen LogP contribution in [0.1, 0.15) is 41.4 Å². The van der Waals surface area contributed by atoms with Crippen molar-refractivity contribution in [2.24, 2.45) is 0 Å². The maximum absolute atomic E-state index is 10.9. The number of hydrogen-bond acceptors (Lipinski definition) is 4. The molecule has 23 heavy (non-hydrogen) atoms. The van der Waals surface area contributed by atoms with E-state index in [0.29, 0.717) is 22.3 Å². The van der Waals surface area contributed by atoms with E-state index in [0.717, 1.165) is 0 Å². The topological polar surface area (TPSA) is 124 Å². The maximum Gasteiger partial charge on any atom is 0.258 e. The van der Waals surface area contributed by atoms with E-state index in [1.165, 1.54) is 0 Å². The highest BCUT2D eigenvalue weighted by Gasteiger charge is 2.25. The number of amides is 4. The van der Waals surface area contributed by atoms with Crippen molar-refractivity contribution in [3.63, 3.8) is 0 Å². The molecule has 2 aromatic rings. The SMILES string of the molecule is O.O=C1NC(=O)c2ccccc21.O=C1NC(=O)c2ccccc21. The second-order valence-corrected chi connectivity index (χ2v) is 4.66. The molecule has 0 spiro atoms. The summed E-state index contributed by atoms with van der Waals surface area (Å²) >= 11 is 0. The Labute approximate surface area is 130 Å². The number of rotatable bonds is 0. The first-order valence-electron chi connectivity index (χ1n) is 6.47. The second-order valence-electron chi connectivity index (χ2n) is 4.66. The van der Waals surface area contributed by atoms with Crippen molar-refractivity contribution in [3.05, 3.63) is 70.8 Å². The fourth-order valence-electron chi connectivity index (χ4n) is 2.23. The highest BCUT2D eigenvalue weighted by Crippen LogP contribution is 2.14. The van der Waals surface area contributed by atoms with E-state index in [1.54, 1.807) is 48.5 Å². The molecule has 0 bridgehead atoms. The van der Waals surface area contributed by atoms with Crippen LogP contribution in [-0.2, 0) is 0 Å². The zero-order valence-corrected chi connectivity index (χ0v) is 11.8. The lowest BCUT2D eigenvalue weighted by atomic mass is 10.1. The molecule has 2 aliphatic heterocycles. The smallest absolute Gasteiger partial charge is 0.258 e. The van der Waals surface area contributed by atoms with E-state index in [2.05, 4.69) is 10.6 Å². The van der Waals surface area contributed by atoms with Crippen molar-refractivity contribution in [2.45, 2.75) is 0 Å². The van der Waals surface area contributed by atoms with Gasteiger partial charge >= 0.3 is 0 Å². The van der Waals surface area contributed by atoms with Crippen molar-refractivity contribution in [1.82, 2.24) is 10.6 Å². The summed E-state index contributed by atoms with van der Waals surface area (Å²) in [5, 5.41) is 4.41. The Balaban J connectivity index is 0.000000160. The molecule has 2 heterocycles. The van der Waals surface area contributed by atoms with Crippen LogP contribution in [0.15, 0.2) is 48.5 Å². The lowest BCUT2D eigenvalue weighted by molar-refractivity contribution is 0.0863. The average molecular weight is 312 g/mol. The third-order valence-corrected chi connectivity index (χ3v) is 3.29. The summed E-state index contributed by atoms with van der Waals surface area (Å²) in [4.78, 5) is 43.8. The zero-order chi connectivity index (χ0) is 15.7. The first kappa shape index (κ1) is 16.1. The van der Waals surface area contributed by atoms with Crippen LogP contribution in [0, 0.1) is 0 Å². The Kier molecular flexibility index (Phi) is 4.33. The molecule has 4 N–H and O–H groups in total. The first-order valence-corrected chi connectivity index (χ1v) is 6.47. The van der Waals surface area contributed by atoms with Gasteiger partial charge in [-0.3, -0.25) is 29.8 Å². The number of carbonyl (C=O) groups excluding carboxylic acids is 4. The molecule has 4 amide bonds. The Morgan fingerprint density at radius 3 is 0.913 bits per heavy atom. The Morgan fingerprint density at radius 2 is 0.696 bits per heavy atom. The predicted molar refractivity (Wildman–Crippen MR) is 80.1 cm³/mol. The minimum absolute atomic E-state index is 0. The molecule has 2 aromatic carbocycles. The lowest BCUT2D eigenvalue weighted by Gasteiger charge is -1.88. The van der Waals surface area contributed by atoms with Crippen LogP contribution in [0.4, 0.5) is 0 Å². The largest absolute Gasteiger partial charge is 0.412 e. The van der Waals surface area contributed by atoms with Gasteiger partial charge in [-0.15, -0.1) is 0 Å². The van der Waals surface area contributed by atoms with Gasteiger partial charge in [-0.05, 0) is 24.3 Å². The molecule has 0 unspecified atom stereocenters. The highest BCUT2D eigenvalue weighted by atomic mass is 16.2. The van der Waals surface area contributed by atoms with E-state index in [-0.39, 0.29) is 29.1 Å². The van der Waals surface area contributed by atoms with Crippen molar-refractivity contribution < 1.29 is 24.7 Å². The molecule has 0 atom stereocenters. The molecule has 0 aromatic heterocycles. The van der Waals surface area contributed by atoms with Gasteiger partial charge in [0.2, 0.25) is 0 Å². The van der Waals surface area contributed by atoms with Crippen LogP contribution in [-0.4, -0.2) is 29.1 Å². The van der Waals surface area contributed by atoms with Crippen molar-refractivity contribution in [1.29, 1.82) is 0 Å². The third-order valence-electron chi connectivity index (χ3n) is 3.29. The van der Waals surface area contributed by atoms with Crippen LogP contribution in [0.2, 0.25) is 0 Å². The van der Waals surface area contributed by atoms with E-state index in [1.807, 2.05) is 0 Å². The van der Waals surface area contributed by atoms with Crippen molar-refractivity contribution in [2.75, 3.05) is 0 Å². The van der Waals surface area contributed by atoms with E-state index in [4.69, 9.17) is 0 Å². The molecule has 4 rings (SSSR count). The minimum Gasteiger partial charge on any atom is -0.412 e. The van der Waals surface area contributed by atoms with Crippen LogP contribution < -0.4 is 10.6 Å². The highest BCUT2D eigenvalue weighted by molar-refractivity contribution is 6.22. The molecular weight excluding hydrogens is 300 g/mol. The van der Waals surface area contributed by atoms with Gasteiger partial charge in [0, 0.05) is 0 Å². The number of carbonyl (C=O) groups is 4. The summed E-state index contributed by atoms with van der Waals surface area (Å²) in [5.41, 5.74) is 1.88. The van der Waals surface area contributed by atoms with E-state index >= 15 is 0 Å². The van der Waals surface area contributed by atoms with Gasteiger partial charge in [-0.1, -0.05) is 24.3 Å². The molecule has 0 saturated carbocycles. The Bertz CT molecular complexity index is 693. The molecule has 7 heteroatoms. The summed E-state index contributed by atoms with van der Waals surface area (Å²) in [6.07, 6.45) is 0. The Hall–Kier alpha value is -3.32. The van der Waals surface area contributed by atoms with Crippen LogP contribution in [0.3, 0.4) is 0 Å². The third kappa shape index (κ3) is 2.85. The molecule has 0 aliphatic carbocycles. The molecule has 0 radical (unpaired) electrons. The zero-order valence-electron chi connectivity index (χ0n) is 11.8. The van der Waals surface area contributed by atoms with Crippen molar-refractivity contribution in [3.8, 4) is 0 Å². The fraction of sp³-hybridized carbons (Fsp3) is 0. The normalized spacial score (nSPS) is 13.9. The summed E-state index contributed by atoms with van der Waals surface area (Å²) in [6.45, 7) is 0. The van der Waals surface area contributed by atoms with Gasteiger partial charge in [0.25, 0.3) is 23.6 Å². The summed E-state index contributed by atoms with van der Waals surface area (Å²) in [6, 6.07) is 13.5. The summed E-state index contributed by atoms with van der Waals surface area (Å²) in [5.74, 6) is -1.20. The van der Waals surface area contributed by atoms with Gasteiger partial charge in [-0.2, -0.15) is 0 Å². The first-order chi connectivity index (χ1) is 10.6. The Morgan fingerprint density at radius 1 is 0.478 bits per heavy atom. The molecule has 2 aliphatic rings. The molecular formula is C16H12N2O5. The quantitative estimate of drug-likeness (QED) is 0.679. The van der Waals surface area contributed by atoms with Gasteiger partial charge in [0.1, 0.15) is 0 Å². The maximum atomic E-state index is 10.9. The van der Waals surface area contributed by atoms with Gasteiger partial charge in [0.15, 0.2) is 0 Å².